The van der Waals surface area contributed by atoms with Gasteiger partial charge < -0.3 is 10.1 Å². The maximum atomic E-state index is 5.04. The Hall–Kier alpha value is -1.17. The smallest absolute Gasteiger partial charge is 0.0663 e. The lowest BCUT2D eigenvalue weighted by Gasteiger charge is -2.09. The Labute approximate surface area is 134 Å². The van der Waals surface area contributed by atoms with Crippen LogP contribution in [0.15, 0.2) is 34.9 Å². The van der Waals surface area contributed by atoms with Gasteiger partial charge in [-0.1, -0.05) is 35.0 Å². The molecule has 2 aromatic rings. The summed E-state index contributed by atoms with van der Waals surface area (Å²) in [6.45, 7) is 5.41. The number of halogens is 1. The van der Waals surface area contributed by atoms with Crippen molar-refractivity contribution in [2.45, 2.75) is 26.4 Å². The highest BCUT2D eigenvalue weighted by Gasteiger charge is 2.09. The van der Waals surface area contributed by atoms with Gasteiger partial charge in [0.25, 0.3) is 0 Å². The summed E-state index contributed by atoms with van der Waals surface area (Å²) in [6, 6.07) is 8.36. The highest BCUT2D eigenvalue weighted by molar-refractivity contribution is 9.10. The first-order valence-electron chi connectivity index (χ1n) is 7.22. The first-order chi connectivity index (χ1) is 10.2. The van der Waals surface area contributed by atoms with Crippen LogP contribution >= 0.6 is 15.9 Å². The topological polar surface area (TPSA) is 39.1 Å². The largest absolute Gasteiger partial charge is 0.383 e. The van der Waals surface area contributed by atoms with Crippen LogP contribution in [-0.2, 0) is 24.2 Å². The van der Waals surface area contributed by atoms with Crippen LogP contribution in [0.1, 0.15) is 23.7 Å². The van der Waals surface area contributed by atoms with Gasteiger partial charge in [0.1, 0.15) is 0 Å². The third-order valence-corrected chi connectivity index (χ3v) is 3.88. The predicted molar refractivity (Wildman–Crippen MR) is 88.4 cm³/mol. The van der Waals surface area contributed by atoms with Crippen LogP contribution < -0.4 is 5.32 Å². The highest BCUT2D eigenvalue weighted by atomic mass is 79.9. The van der Waals surface area contributed by atoms with E-state index in [4.69, 9.17) is 4.74 Å². The highest BCUT2D eigenvalue weighted by Crippen LogP contribution is 2.15. The van der Waals surface area contributed by atoms with Gasteiger partial charge in [0.15, 0.2) is 0 Å². The molecular formula is C16H22BrN3O. The van der Waals surface area contributed by atoms with E-state index in [0.717, 1.165) is 37.1 Å². The molecule has 0 saturated heterocycles. The zero-order chi connectivity index (χ0) is 15.1. The summed E-state index contributed by atoms with van der Waals surface area (Å²) in [4.78, 5) is 0. The minimum atomic E-state index is 0.730. The molecule has 21 heavy (non-hydrogen) atoms. The molecular weight excluding hydrogens is 330 g/mol. The molecule has 1 aromatic heterocycles. The van der Waals surface area contributed by atoms with Gasteiger partial charge >= 0.3 is 0 Å². The summed E-state index contributed by atoms with van der Waals surface area (Å²) in [5.41, 5.74) is 3.81. The van der Waals surface area contributed by atoms with Gasteiger partial charge in [0.05, 0.1) is 19.3 Å². The molecule has 1 heterocycles. The van der Waals surface area contributed by atoms with Crippen LogP contribution in [0.5, 0.6) is 0 Å². The minimum absolute atomic E-state index is 0.730. The molecule has 5 heteroatoms. The van der Waals surface area contributed by atoms with Gasteiger partial charge in [-0.25, -0.2) is 0 Å². The fraction of sp³-hybridized carbons (Fsp3) is 0.438. The molecule has 1 aromatic carbocycles. The maximum absolute atomic E-state index is 5.04. The Balaban J connectivity index is 2.05. The summed E-state index contributed by atoms with van der Waals surface area (Å²) in [7, 11) is 1.72. The van der Waals surface area contributed by atoms with Crippen LogP contribution in [0.2, 0.25) is 0 Å². The lowest BCUT2D eigenvalue weighted by molar-refractivity contribution is 0.199. The Kier molecular flexibility index (Phi) is 6.42. The molecule has 2 rings (SSSR count). The number of nitrogens with one attached hydrogen (secondary N) is 1. The van der Waals surface area contributed by atoms with E-state index in [2.05, 4.69) is 56.2 Å². The second-order valence-electron chi connectivity index (χ2n) is 4.93. The third kappa shape index (κ3) is 4.66. The molecule has 4 nitrogen and oxygen atoms in total. The molecule has 0 radical (unpaired) electrons. The molecule has 114 valence electrons. The van der Waals surface area contributed by atoms with Crippen molar-refractivity contribution in [2.24, 2.45) is 0 Å². The number of benzene rings is 1. The van der Waals surface area contributed by atoms with E-state index in [1.165, 1.54) is 16.8 Å². The molecule has 0 aliphatic rings. The number of aromatic nitrogens is 2. The normalized spacial score (nSPS) is 11.0. The number of methoxy groups -OCH3 is 1. The second kappa shape index (κ2) is 8.32. The quantitative estimate of drug-likeness (QED) is 0.743. The van der Waals surface area contributed by atoms with Gasteiger partial charge in [-0.15, -0.1) is 0 Å². The number of hydrogen-bond acceptors (Lipinski definition) is 3. The summed E-state index contributed by atoms with van der Waals surface area (Å²) in [5.74, 6) is 0. The molecule has 0 atom stereocenters. The van der Waals surface area contributed by atoms with Gasteiger partial charge in [0.2, 0.25) is 0 Å². The number of rotatable bonds is 8. The average Bonchev–Trinajstić information content (AvgIpc) is 2.85. The molecule has 0 amide bonds. The van der Waals surface area contributed by atoms with Crippen molar-refractivity contribution in [1.29, 1.82) is 0 Å². The zero-order valence-corrected chi connectivity index (χ0v) is 14.2. The first kappa shape index (κ1) is 16.2. The van der Waals surface area contributed by atoms with E-state index in [1.807, 2.05) is 12.3 Å². The van der Waals surface area contributed by atoms with Crippen molar-refractivity contribution >= 4 is 15.9 Å². The van der Waals surface area contributed by atoms with Crippen LogP contribution in [0.3, 0.4) is 0 Å². The molecule has 0 spiro atoms. The molecule has 0 aliphatic carbocycles. The van der Waals surface area contributed by atoms with Gasteiger partial charge in [-0.2, -0.15) is 5.10 Å². The molecule has 0 fully saturated rings. The fourth-order valence-corrected chi connectivity index (χ4v) is 2.80. The van der Waals surface area contributed by atoms with Gasteiger partial charge in [-0.3, -0.25) is 4.68 Å². The van der Waals surface area contributed by atoms with Gasteiger partial charge in [-0.05, 0) is 24.1 Å². The first-order valence-corrected chi connectivity index (χ1v) is 8.01. The molecule has 0 unspecified atom stereocenters. The SMILES string of the molecule is CCc1c(CNCCOC)cnn1Cc1cccc(Br)c1. The Morgan fingerprint density at radius 1 is 1.38 bits per heavy atom. The number of ether oxygens (including phenoxy) is 1. The molecule has 0 bridgehead atoms. The lowest BCUT2D eigenvalue weighted by Crippen LogP contribution is -2.19. The number of nitrogens with zero attached hydrogens (tertiary/aromatic N) is 2. The fourth-order valence-electron chi connectivity index (χ4n) is 2.35. The van der Waals surface area contributed by atoms with Crippen molar-refractivity contribution in [2.75, 3.05) is 20.3 Å². The zero-order valence-electron chi connectivity index (χ0n) is 12.6. The summed E-state index contributed by atoms with van der Waals surface area (Å²) < 4.78 is 8.24. The minimum Gasteiger partial charge on any atom is -0.383 e. The second-order valence-corrected chi connectivity index (χ2v) is 5.84. The molecule has 0 aliphatic heterocycles. The Bertz CT molecular complexity index is 568. The summed E-state index contributed by atoms with van der Waals surface area (Å²) >= 11 is 3.51. The van der Waals surface area contributed by atoms with Crippen LogP contribution in [0.25, 0.3) is 0 Å². The van der Waals surface area contributed by atoms with Crippen LogP contribution in [0, 0.1) is 0 Å². The predicted octanol–water partition coefficient (Wildman–Crippen LogP) is 2.99. The van der Waals surface area contributed by atoms with Gasteiger partial charge in [0, 0.05) is 35.9 Å². The van der Waals surface area contributed by atoms with E-state index in [1.54, 1.807) is 7.11 Å². The maximum Gasteiger partial charge on any atom is 0.0663 e. The van der Waals surface area contributed by atoms with E-state index in [-0.39, 0.29) is 0 Å². The Morgan fingerprint density at radius 3 is 2.95 bits per heavy atom. The van der Waals surface area contributed by atoms with Crippen molar-refractivity contribution < 1.29 is 4.74 Å². The lowest BCUT2D eigenvalue weighted by atomic mass is 10.2. The molecule has 1 N–H and O–H groups in total. The van der Waals surface area contributed by atoms with Crippen LogP contribution in [0.4, 0.5) is 0 Å². The van der Waals surface area contributed by atoms with Crippen molar-refractivity contribution in [3.8, 4) is 0 Å². The van der Waals surface area contributed by atoms with Crippen LogP contribution in [-0.4, -0.2) is 30.0 Å². The van der Waals surface area contributed by atoms with E-state index >= 15 is 0 Å². The average molecular weight is 352 g/mol. The summed E-state index contributed by atoms with van der Waals surface area (Å²) in [6.07, 6.45) is 2.95. The monoisotopic (exact) mass is 351 g/mol. The summed E-state index contributed by atoms with van der Waals surface area (Å²) in [5, 5.41) is 7.92. The number of hydrogen-bond donors (Lipinski definition) is 1. The Morgan fingerprint density at radius 2 is 2.24 bits per heavy atom. The third-order valence-electron chi connectivity index (χ3n) is 3.39. The van der Waals surface area contributed by atoms with Crippen molar-refractivity contribution in [3.05, 3.63) is 51.8 Å². The van der Waals surface area contributed by atoms with Crippen molar-refractivity contribution in [1.82, 2.24) is 15.1 Å². The molecule has 0 saturated carbocycles. The van der Waals surface area contributed by atoms with E-state index in [0.29, 0.717) is 0 Å². The van der Waals surface area contributed by atoms with E-state index in [9.17, 15) is 0 Å². The standard InChI is InChI=1S/C16H22BrN3O/c1-3-16-14(10-18-7-8-21-2)11-19-20(16)12-13-5-4-6-15(17)9-13/h4-6,9,11,18H,3,7-8,10,12H2,1-2H3. The van der Waals surface area contributed by atoms with E-state index < -0.39 is 0 Å². The van der Waals surface area contributed by atoms with Crippen molar-refractivity contribution in [3.63, 3.8) is 0 Å².